The van der Waals surface area contributed by atoms with Gasteiger partial charge in [0.25, 0.3) is 0 Å². The predicted molar refractivity (Wildman–Crippen MR) is 74.3 cm³/mol. The number of halogens is 1. The van der Waals surface area contributed by atoms with Gasteiger partial charge in [-0.15, -0.1) is 0 Å². The maximum Gasteiger partial charge on any atom is 0.469 e. The molecule has 1 aliphatic rings. The van der Waals surface area contributed by atoms with Gasteiger partial charge in [0, 0.05) is 0 Å². The van der Waals surface area contributed by atoms with E-state index < -0.39 is 39.0 Å². The van der Waals surface area contributed by atoms with Gasteiger partial charge in [-0.25, -0.2) is 19.5 Å². The normalized spacial score (nSPS) is 28.6. The Balaban J connectivity index is 1.85. The Morgan fingerprint density at radius 2 is 2.04 bits per heavy atom. The number of hydrogen-bond acceptors (Lipinski definition) is 8. The molecule has 0 spiro atoms. The van der Waals surface area contributed by atoms with Gasteiger partial charge in [-0.05, 0) is 0 Å². The third-order valence-corrected chi connectivity index (χ3v) is 4.09. The van der Waals surface area contributed by atoms with Gasteiger partial charge >= 0.3 is 7.82 Å². The zero-order valence-electron chi connectivity index (χ0n) is 11.3. The van der Waals surface area contributed by atoms with E-state index in [2.05, 4.69) is 19.5 Å². The Hall–Kier alpha value is -1.17. The zero-order chi connectivity index (χ0) is 16.8. The lowest BCUT2D eigenvalue weighted by molar-refractivity contribution is -0.0504. The monoisotopic (exact) mass is 366 g/mol. The highest BCUT2D eigenvalue weighted by atomic mass is 35.5. The maximum absolute atomic E-state index is 10.7. The molecule has 11 nitrogen and oxygen atoms in total. The summed E-state index contributed by atoms with van der Waals surface area (Å²) in [6.45, 7) is -0.596. The van der Waals surface area contributed by atoms with Gasteiger partial charge in [0.1, 0.15) is 30.2 Å². The number of aliphatic hydroxyl groups is 2. The zero-order valence-corrected chi connectivity index (χ0v) is 12.9. The Morgan fingerprint density at radius 3 is 2.74 bits per heavy atom. The Morgan fingerprint density at radius 1 is 1.30 bits per heavy atom. The number of ether oxygens (including phenoxy) is 1. The molecule has 23 heavy (non-hydrogen) atoms. The third kappa shape index (κ3) is 3.23. The summed E-state index contributed by atoms with van der Waals surface area (Å²) in [7, 11) is -4.72. The van der Waals surface area contributed by atoms with Crippen LogP contribution >= 0.6 is 19.4 Å². The van der Waals surface area contributed by atoms with Crippen molar-refractivity contribution in [1.82, 2.24) is 19.5 Å². The SMILES string of the molecule is O=P(O)(O)OC[C@H]1O[C@@H](n2cnc3c(Cl)ncnc32)C(O)[C@H]1O. The second-order valence-corrected chi connectivity index (χ2v) is 6.42. The summed E-state index contributed by atoms with van der Waals surface area (Å²) in [6.07, 6.45) is -2.51. The van der Waals surface area contributed by atoms with E-state index in [-0.39, 0.29) is 16.3 Å². The van der Waals surface area contributed by atoms with E-state index >= 15 is 0 Å². The van der Waals surface area contributed by atoms with Crippen LogP contribution in [0.15, 0.2) is 12.7 Å². The lowest BCUT2D eigenvalue weighted by atomic mass is 10.1. The molecule has 3 rings (SSSR count). The number of aromatic nitrogens is 4. The summed E-state index contributed by atoms with van der Waals surface area (Å²) in [5.41, 5.74) is 0.562. The summed E-state index contributed by atoms with van der Waals surface area (Å²) in [5, 5.41) is 20.2. The molecular weight excluding hydrogens is 355 g/mol. The van der Waals surface area contributed by atoms with E-state index in [1.807, 2.05) is 0 Å². The number of hydrogen-bond donors (Lipinski definition) is 4. The van der Waals surface area contributed by atoms with Gasteiger partial charge in [-0.2, -0.15) is 0 Å². The Labute approximate surface area is 133 Å². The lowest BCUT2D eigenvalue weighted by Gasteiger charge is -2.16. The highest BCUT2D eigenvalue weighted by Crippen LogP contribution is 2.38. The van der Waals surface area contributed by atoms with Crippen molar-refractivity contribution >= 4 is 30.6 Å². The average molecular weight is 367 g/mol. The van der Waals surface area contributed by atoms with Crippen LogP contribution in [0.4, 0.5) is 0 Å². The summed E-state index contributed by atoms with van der Waals surface area (Å²) < 4.78 is 21.8. The van der Waals surface area contributed by atoms with Crippen molar-refractivity contribution in [3.63, 3.8) is 0 Å². The topological polar surface area (TPSA) is 160 Å². The Kier molecular flexibility index (Phi) is 4.38. The highest BCUT2D eigenvalue weighted by Gasteiger charge is 2.45. The van der Waals surface area contributed by atoms with Crippen molar-refractivity contribution in [2.75, 3.05) is 6.61 Å². The van der Waals surface area contributed by atoms with Gasteiger partial charge in [0.2, 0.25) is 0 Å². The van der Waals surface area contributed by atoms with Crippen LogP contribution in [0.5, 0.6) is 0 Å². The van der Waals surface area contributed by atoms with Gasteiger partial charge in [-0.3, -0.25) is 9.09 Å². The number of phosphoric ester groups is 1. The molecule has 3 heterocycles. The molecule has 0 amide bonds. The number of imidazole rings is 1. The number of rotatable bonds is 4. The van der Waals surface area contributed by atoms with E-state index in [0.29, 0.717) is 0 Å². The van der Waals surface area contributed by atoms with Crippen molar-refractivity contribution in [3.05, 3.63) is 17.8 Å². The standard InChI is InChI=1S/C10H12ClN4O7P/c11-8-5-9(13-2-12-8)15(3-14-5)10-7(17)6(16)4(22-10)1-21-23(18,19)20/h2-4,6-7,10,16-17H,1H2,(H2,18,19,20)/t4-,6+,7?,10-/m1/s1. The van der Waals surface area contributed by atoms with Gasteiger partial charge < -0.3 is 24.7 Å². The summed E-state index contributed by atoms with van der Waals surface area (Å²) in [5.74, 6) is 0. The van der Waals surface area contributed by atoms with Crippen molar-refractivity contribution in [2.24, 2.45) is 0 Å². The number of fused-ring (bicyclic) bond motifs is 1. The summed E-state index contributed by atoms with van der Waals surface area (Å²) >= 11 is 5.88. The first-order valence-corrected chi connectivity index (χ1v) is 8.23. The molecule has 4 N–H and O–H groups in total. The van der Waals surface area contributed by atoms with E-state index in [4.69, 9.17) is 26.1 Å². The van der Waals surface area contributed by atoms with Crippen LogP contribution in [0.3, 0.4) is 0 Å². The van der Waals surface area contributed by atoms with Crippen LogP contribution in [-0.2, 0) is 13.8 Å². The molecule has 4 atom stereocenters. The van der Waals surface area contributed by atoms with Crippen molar-refractivity contribution in [3.8, 4) is 0 Å². The number of phosphoric acid groups is 1. The molecule has 1 saturated heterocycles. The minimum absolute atomic E-state index is 0.114. The van der Waals surface area contributed by atoms with Crippen molar-refractivity contribution in [2.45, 2.75) is 24.5 Å². The van der Waals surface area contributed by atoms with Crippen LogP contribution in [0.1, 0.15) is 6.23 Å². The largest absolute Gasteiger partial charge is 0.469 e. The van der Waals surface area contributed by atoms with Crippen LogP contribution in [0.2, 0.25) is 5.15 Å². The predicted octanol–water partition coefficient (Wildman–Crippen LogP) is -0.792. The van der Waals surface area contributed by atoms with E-state index in [1.165, 1.54) is 17.2 Å². The number of aliphatic hydroxyl groups excluding tert-OH is 2. The molecule has 0 radical (unpaired) electrons. The third-order valence-electron chi connectivity index (χ3n) is 3.33. The summed E-state index contributed by atoms with van der Waals surface area (Å²) in [6, 6.07) is 0. The van der Waals surface area contributed by atoms with Crippen molar-refractivity contribution in [1.29, 1.82) is 0 Å². The van der Waals surface area contributed by atoms with Gasteiger partial charge in [0.15, 0.2) is 17.0 Å². The van der Waals surface area contributed by atoms with Gasteiger partial charge in [-0.1, -0.05) is 11.6 Å². The smallest absolute Gasteiger partial charge is 0.387 e. The second-order valence-electron chi connectivity index (χ2n) is 4.82. The molecule has 2 aromatic rings. The minimum atomic E-state index is -4.72. The van der Waals surface area contributed by atoms with E-state index in [1.54, 1.807) is 0 Å². The Bertz CT molecular complexity index is 767. The molecule has 0 aliphatic carbocycles. The van der Waals surface area contributed by atoms with Gasteiger partial charge in [0.05, 0.1) is 12.9 Å². The molecule has 0 aromatic carbocycles. The first kappa shape index (κ1) is 16.7. The summed E-state index contributed by atoms with van der Waals surface area (Å²) in [4.78, 5) is 29.2. The molecule has 0 saturated carbocycles. The van der Waals surface area contributed by atoms with Crippen LogP contribution < -0.4 is 0 Å². The fraction of sp³-hybridized carbons (Fsp3) is 0.500. The van der Waals surface area contributed by atoms with E-state index in [9.17, 15) is 14.8 Å². The highest BCUT2D eigenvalue weighted by molar-refractivity contribution is 7.46. The molecular formula is C10H12ClN4O7P. The molecule has 1 fully saturated rings. The lowest BCUT2D eigenvalue weighted by Crippen LogP contribution is -2.33. The molecule has 13 heteroatoms. The maximum atomic E-state index is 10.7. The first-order chi connectivity index (χ1) is 10.8. The van der Waals surface area contributed by atoms with Crippen molar-refractivity contribution < 1.29 is 33.8 Å². The fourth-order valence-electron chi connectivity index (χ4n) is 2.28. The average Bonchev–Trinajstić information content (AvgIpc) is 3.01. The molecule has 1 unspecified atom stereocenters. The minimum Gasteiger partial charge on any atom is -0.387 e. The molecule has 1 aliphatic heterocycles. The molecule has 2 aromatic heterocycles. The van der Waals surface area contributed by atoms with Crippen LogP contribution in [-0.4, -0.2) is 64.4 Å². The molecule has 126 valence electrons. The first-order valence-electron chi connectivity index (χ1n) is 6.32. The second kappa shape index (κ2) is 6.04. The fourth-order valence-corrected chi connectivity index (χ4v) is 2.79. The molecule has 0 bridgehead atoms. The van der Waals surface area contributed by atoms with E-state index in [0.717, 1.165) is 0 Å². The van der Waals surface area contributed by atoms with Crippen LogP contribution in [0.25, 0.3) is 11.2 Å². The quantitative estimate of drug-likeness (QED) is 0.398. The van der Waals surface area contributed by atoms with Crippen LogP contribution in [0, 0.1) is 0 Å². The number of nitrogens with zero attached hydrogens (tertiary/aromatic N) is 4.